The largest absolute Gasteiger partial charge is 0.349 e. The average molecular weight is 462 g/mol. The molecule has 2 aromatic rings. The zero-order valence-corrected chi connectivity index (χ0v) is 19.0. The normalized spacial score (nSPS) is 18.9. The van der Waals surface area contributed by atoms with Crippen molar-refractivity contribution in [1.82, 2.24) is 14.5 Å². The van der Waals surface area contributed by atoms with Crippen molar-refractivity contribution in [3.63, 3.8) is 0 Å². The van der Waals surface area contributed by atoms with Crippen LogP contribution in [0.1, 0.15) is 41.6 Å². The molecule has 0 aliphatic carbocycles. The molecule has 0 atom stereocenters. The molecule has 1 N–H and O–H groups in total. The van der Waals surface area contributed by atoms with Gasteiger partial charge in [0.15, 0.2) is 0 Å². The lowest BCUT2D eigenvalue weighted by Crippen LogP contribution is -2.44. The number of halogens is 1. The maximum Gasteiger partial charge on any atom is 0.253 e. The second kappa shape index (κ2) is 9.69. The number of amides is 1. The Hall–Kier alpha value is -1.93. The SMILES string of the molecule is O=C(NC1CCN(Cc2ccccc2)CC1)c1cc(S(=O)(=O)N2CCCC2)ccc1Cl. The van der Waals surface area contributed by atoms with E-state index in [1.54, 1.807) is 0 Å². The quantitative estimate of drug-likeness (QED) is 0.714. The summed E-state index contributed by atoms with van der Waals surface area (Å²) in [5.41, 5.74) is 1.50. The lowest BCUT2D eigenvalue weighted by molar-refractivity contribution is 0.0909. The summed E-state index contributed by atoms with van der Waals surface area (Å²) in [5, 5.41) is 3.31. The predicted molar refractivity (Wildman–Crippen MR) is 122 cm³/mol. The maximum atomic E-state index is 12.9. The number of benzene rings is 2. The van der Waals surface area contributed by atoms with Crippen molar-refractivity contribution < 1.29 is 13.2 Å². The first-order valence-electron chi connectivity index (χ1n) is 10.8. The zero-order chi connectivity index (χ0) is 21.8. The summed E-state index contributed by atoms with van der Waals surface area (Å²) >= 11 is 6.25. The molecule has 166 valence electrons. The number of rotatable bonds is 6. The molecule has 2 fully saturated rings. The van der Waals surface area contributed by atoms with Crippen molar-refractivity contribution in [3.05, 3.63) is 64.7 Å². The first kappa shape index (κ1) is 22.3. The number of piperidine rings is 1. The molecular weight excluding hydrogens is 434 g/mol. The van der Waals surface area contributed by atoms with Crippen molar-refractivity contribution in [1.29, 1.82) is 0 Å². The Balaban J connectivity index is 1.38. The van der Waals surface area contributed by atoms with Gasteiger partial charge in [-0.05, 0) is 49.4 Å². The van der Waals surface area contributed by atoms with Crippen LogP contribution >= 0.6 is 11.6 Å². The molecule has 0 unspecified atom stereocenters. The molecule has 4 rings (SSSR count). The molecule has 0 spiro atoms. The number of hydrogen-bond acceptors (Lipinski definition) is 4. The molecule has 0 saturated carbocycles. The van der Waals surface area contributed by atoms with Gasteiger partial charge in [0.05, 0.1) is 15.5 Å². The van der Waals surface area contributed by atoms with Crippen LogP contribution in [0.15, 0.2) is 53.4 Å². The molecule has 6 nitrogen and oxygen atoms in total. The van der Waals surface area contributed by atoms with Gasteiger partial charge in [-0.3, -0.25) is 9.69 Å². The maximum absolute atomic E-state index is 12.9. The highest BCUT2D eigenvalue weighted by Crippen LogP contribution is 2.26. The van der Waals surface area contributed by atoms with Crippen LogP contribution in [-0.4, -0.2) is 55.8 Å². The van der Waals surface area contributed by atoms with Gasteiger partial charge in [-0.2, -0.15) is 4.31 Å². The molecule has 0 radical (unpaired) electrons. The smallest absolute Gasteiger partial charge is 0.253 e. The van der Waals surface area contributed by atoms with Crippen molar-refractivity contribution >= 4 is 27.5 Å². The number of carbonyl (C=O) groups excluding carboxylic acids is 1. The Labute approximate surface area is 189 Å². The first-order valence-corrected chi connectivity index (χ1v) is 12.6. The van der Waals surface area contributed by atoms with E-state index >= 15 is 0 Å². The summed E-state index contributed by atoms with van der Waals surface area (Å²) in [5.74, 6) is -0.315. The Kier molecular flexibility index (Phi) is 6.96. The lowest BCUT2D eigenvalue weighted by Gasteiger charge is -2.32. The number of nitrogens with zero attached hydrogens (tertiary/aromatic N) is 2. The summed E-state index contributed by atoms with van der Waals surface area (Å²) in [4.78, 5) is 15.4. The number of sulfonamides is 1. The minimum absolute atomic E-state index is 0.0504. The molecule has 2 aromatic carbocycles. The number of likely N-dealkylation sites (tertiary alicyclic amines) is 1. The monoisotopic (exact) mass is 461 g/mol. The molecule has 2 heterocycles. The van der Waals surface area contributed by atoms with Crippen LogP contribution in [-0.2, 0) is 16.6 Å². The molecule has 0 bridgehead atoms. The van der Waals surface area contributed by atoms with Crippen LogP contribution < -0.4 is 5.32 Å². The summed E-state index contributed by atoms with van der Waals surface area (Å²) in [6.45, 7) is 3.75. The molecule has 2 saturated heterocycles. The second-order valence-corrected chi connectivity index (χ2v) is 10.6. The standard InChI is InChI=1S/C23H28ClN3O3S/c24-22-9-8-20(31(29,30)27-12-4-5-13-27)16-21(22)23(28)25-19-10-14-26(15-11-19)17-18-6-2-1-3-7-18/h1-3,6-9,16,19H,4-5,10-15,17H2,(H,25,28). The fourth-order valence-electron chi connectivity index (χ4n) is 4.26. The van der Waals surface area contributed by atoms with E-state index in [1.165, 1.54) is 28.1 Å². The van der Waals surface area contributed by atoms with E-state index in [2.05, 4.69) is 22.3 Å². The van der Waals surface area contributed by atoms with Crippen LogP contribution in [0, 0.1) is 0 Å². The molecule has 31 heavy (non-hydrogen) atoms. The van der Waals surface area contributed by atoms with E-state index in [0.717, 1.165) is 45.3 Å². The minimum atomic E-state index is -3.59. The van der Waals surface area contributed by atoms with Crippen LogP contribution in [0.25, 0.3) is 0 Å². The molecule has 0 aromatic heterocycles. The van der Waals surface area contributed by atoms with Crippen molar-refractivity contribution in [2.24, 2.45) is 0 Å². The highest BCUT2D eigenvalue weighted by molar-refractivity contribution is 7.89. The fourth-order valence-corrected chi connectivity index (χ4v) is 6.00. The second-order valence-electron chi connectivity index (χ2n) is 8.26. The van der Waals surface area contributed by atoms with Crippen molar-refractivity contribution in [2.75, 3.05) is 26.2 Å². The Morgan fingerprint density at radius 1 is 1.00 bits per heavy atom. The minimum Gasteiger partial charge on any atom is -0.349 e. The summed E-state index contributed by atoms with van der Waals surface area (Å²) in [6, 6.07) is 14.8. The van der Waals surface area contributed by atoms with E-state index in [0.29, 0.717) is 13.1 Å². The lowest BCUT2D eigenvalue weighted by atomic mass is 10.0. The predicted octanol–water partition coefficient (Wildman–Crippen LogP) is 3.52. The molecule has 2 aliphatic heterocycles. The Morgan fingerprint density at radius 3 is 2.35 bits per heavy atom. The van der Waals surface area contributed by atoms with E-state index in [4.69, 9.17) is 11.6 Å². The molecule has 8 heteroatoms. The van der Waals surface area contributed by atoms with Crippen LogP contribution in [0.2, 0.25) is 5.02 Å². The zero-order valence-electron chi connectivity index (χ0n) is 17.5. The van der Waals surface area contributed by atoms with Gasteiger partial charge in [0, 0.05) is 38.8 Å². The summed E-state index contributed by atoms with van der Waals surface area (Å²) in [7, 11) is -3.59. The van der Waals surface area contributed by atoms with Crippen LogP contribution in [0.3, 0.4) is 0 Å². The van der Waals surface area contributed by atoms with Gasteiger partial charge in [-0.15, -0.1) is 0 Å². The van der Waals surface area contributed by atoms with E-state index in [9.17, 15) is 13.2 Å². The van der Waals surface area contributed by atoms with Gasteiger partial charge >= 0.3 is 0 Å². The fraction of sp³-hybridized carbons (Fsp3) is 0.435. The van der Waals surface area contributed by atoms with Crippen molar-refractivity contribution in [3.8, 4) is 0 Å². The average Bonchev–Trinajstić information content (AvgIpc) is 3.32. The van der Waals surface area contributed by atoms with Gasteiger partial charge in [0.25, 0.3) is 5.91 Å². The molecule has 1 amide bonds. The molecular formula is C23H28ClN3O3S. The van der Waals surface area contributed by atoms with Gasteiger partial charge in [0.2, 0.25) is 10.0 Å². The van der Waals surface area contributed by atoms with Gasteiger partial charge in [-0.1, -0.05) is 41.9 Å². The highest BCUT2D eigenvalue weighted by Gasteiger charge is 2.29. The van der Waals surface area contributed by atoms with Crippen LogP contribution in [0.4, 0.5) is 0 Å². The highest BCUT2D eigenvalue weighted by atomic mass is 35.5. The van der Waals surface area contributed by atoms with Gasteiger partial charge in [-0.25, -0.2) is 8.42 Å². The first-order chi connectivity index (χ1) is 14.9. The van der Waals surface area contributed by atoms with Crippen LogP contribution in [0.5, 0.6) is 0 Å². The Bertz CT molecular complexity index is 1020. The topological polar surface area (TPSA) is 69.7 Å². The number of carbonyl (C=O) groups is 1. The summed E-state index contributed by atoms with van der Waals surface area (Å²) in [6.07, 6.45) is 3.43. The number of hydrogen-bond donors (Lipinski definition) is 1. The number of nitrogens with one attached hydrogen (secondary N) is 1. The van der Waals surface area contributed by atoms with Crippen molar-refractivity contribution in [2.45, 2.75) is 43.2 Å². The van der Waals surface area contributed by atoms with Gasteiger partial charge < -0.3 is 5.32 Å². The van der Waals surface area contributed by atoms with Gasteiger partial charge in [0.1, 0.15) is 0 Å². The molecule has 2 aliphatic rings. The Morgan fingerprint density at radius 2 is 1.68 bits per heavy atom. The third-order valence-corrected chi connectivity index (χ3v) is 8.28. The third-order valence-electron chi connectivity index (χ3n) is 6.06. The summed E-state index contributed by atoms with van der Waals surface area (Å²) < 4.78 is 27.2. The van der Waals surface area contributed by atoms with E-state index in [-0.39, 0.29) is 27.4 Å². The van der Waals surface area contributed by atoms with E-state index < -0.39 is 10.0 Å². The third kappa shape index (κ3) is 5.29. The van der Waals surface area contributed by atoms with E-state index in [1.807, 2.05) is 18.2 Å².